The molecule has 0 aliphatic carbocycles. The molecule has 0 aliphatic heterocycles. The van der Waals surface area contributed by atoms with Crippen LogP contribution in [0.3, 0.4) is 0 Å². The Bertz CT molecular complexity index is 371. The van der Waals surface area contributed by atoms with Crippen molar-refractivity contribution in [2.24, 2.45) is 0 Å². The number of halogens is 2. The molecule has 0 bridgehead atoms. The van der Waals surface area contributed by atoms with Gasteiger partial charge in [0.1, 0.15) is 11.6 Å². The number of amides is 1. The maximum atomic E-state index is 13.2. The Morgan fingerprint density at radius 1 is 1.44 bits per heavy atom. The van der Waals surface area contributed by atoms with Crippen LogP contribution >= 0.6 is 15.9 Å². The minimum Gasteiger partial charge on any atom is -0.508 e. The molecule has 1 aromatic carbocycles. The zero-order valence-electron chi connectivity index (χ0n) is 8.67. The van der Waals surface area contributed by atoms with E-state index >= 15 is 0 Å². The van der Waals surface area contributed by atoms with E-state index in [9.17, 15) is 9.18 Å². The predicted molar refractivity (Wildman–Crippen MR) is 63.4 cm³/mol. The molecule has 1 rings (SSSR count). The molecule has 0 fully saturated rings. The monoisotopic (exact) mass is 289 g/mol. The number of phenols is 1. The number of unbranched alkanes of at least 4 members (excludes halogenated alkanes) is 1. The zero-order valence-corrected chi connectivity index (χ0v) is 10.3. The van der Waals surface area contributed by atoms with Crippen molar-refractivity contribution in [1.29, 1.82) is 0 Å². The average molecular weight is 290 g/mol. The van der Waals surface area contributed by atoms with Crippen molar-refractivity contribution < 1.29 is 14.3 Å². The number of phenolic OH excluding ortho intramolecular Hbond substituents is 1. The highest BCUT2D eigenvalue weighted by Gasteiger charge is 2.11. The van der Waals surface area contributed by atoms with Crippen LogP contribution in [0.25, 0.3) is 0 Å². The van der Waals surface area contributed by atoms with Gasteiger partial charge in [0.2, 0.25) is 0 Å². The molecule has 88 valence electrons. The molecule has 0 unspecified atom stereocenters. The number of hydrogen-bond acceptors (Lipinski definition) is 2. The van der Waals surface area contributed by atoms with Gasteiger partial charge in [0.05, 0.1) is 5.56 Å². The van der Waals surface area contributed by atoms with Crippen LogP contribution in [0.2, 0.25) is 0 Å². The van der Waals surface area contributed by atoms with Gasteiger partial charge in [-0.3, -0.25) is 4.79 Å². The van der Waals surface area contributed by atoms with Crippen molar-refractivity contribution in [3.63, 3.8) is 0 Å². The quantitative estimate of drug-likeness (QED) is 0.646. The summed E-state index contributed by atoms with van der Waals surface area (Å²) in [7, 11) is 0. The third-order valence-corrected chi connectivity index (χ3v) is 2.60. The molecule has 1 aromatic rings. The number of aromatic hydroxyl groups is 1. The second-order valence-electron chi connectivity index (χ2n) is 3.32. The SMILES string of the molecule is O=C(NCCCCBr)c1ccc(O)cc1F. The molecule has 0 radical (unpaired) electrons. The summed E-state index contributed by atoms with van der Waals surface area (Å²) in [5.74, 6) is -1.35. The van der Waals surface area contributed by atoms with Gasteiger partial charge in [-0.05, 0) is 25.0 Å². The summed E-state index contributed by atoms with van der Waals surface area (Å²) in [5, 5.41) is 12.5. The number of nitrogens with one attached hydrogen (secondary N) is 1. The highest BCUT2D eigenvalue weighted by molar-refractivity contribution is 9.09. The summed E-state index contributed by atoms with van der Waals surface area (Å²) in [4.78, 5) is 11.5. The van der Waals surface area contributed by atoms with Crippen LogP contribution < -0.4 is 5.32 Å². The van der Waals surface area contributed by atoms with E-state index in [0.29, 0.717) is 6.54 Å². The van der Waals surface area contributed by atoms with Crippen LogP contribution in [0.4, 0.5) is 4.39 Å². The summed E-state index contributed by atoms with van der Waals surface area (Å²) in [5.41, 5.74) is -0.0448. The molecule has 2 N–H and O–H groups in total. The van der Waals surface area contributed by atoms with Crippen LogP contribution in [-0.4, -0.2) is 22.9 Å². The summed E-state index contributed by atoms with van der Waals surface area (Å²) >= 11 is 3.28. The zero-order chi connectivity index (χ0) is 12.0. The van der Waals surface area contributed by atoms with Gasteiger partial charge in [0, 0.05) is 17.9 Å². The minimum atomic E-state index is -0.710. The molecule has 0 heterocycles. The molecule has 0 saturated carbocycles. The lowest BCUT2D eigenvalue weighted by Gasteiger charge is -2.05. The summed E-state index contributed by atoms with van der Waals surface area (Å²) in [6, 6.07) is 3.48. The predicted octanol–water partition coefficient (Wildman–Crippen LogP) is 2.44. The van der Waals surface area contributed by atoms with Crippen LogP contribution in [0.15, 0.2) is 18.2 Å². The van der Waals surface area contributed by atoms with Crippen LogP contribution in [-0.2, 0) is 0 Å². The normalized spacial score (nSPS) is 10.1. The average Bonchev–Trinajstić information content (AvgIpc) is 2.24. The molecule has 0 spiro atoms. The van der Waals surface area contributed by atoms with Gasteiger partial charge >= 0.3 is 0 Å². The molecule has 3 nitrogen and oxygen atoms in total. The molecule has 0 atom stereocenters. The fourth-order valence-electron chi connectivity index (χ4n) is 1.20. The molecule has 1 amide bonds. The van der Waals surface area contributed by atoms with Gasteiger partial charge in [-0.2, -0.15) is 0 Å². The van der Waals surface area contributed by atoms with Crippen molar-refractivity contribution >= 4 is 21.8 Å². The number of carbonyl (C=O) groups is 1. The van der Waals surface area contributed by atoms with E-state index in [1.165, 1.54) is 12.1 Å². The summed E-state index contributed by atoms with van der Waals surface area (Å²) in [6.07, 6.45) is 1.80. The van der Waals surface area contributed by atoms with E-state index in [1.807, 2.05) is 0 Å². The van der Waals surface area contributed by atoms with Gasteiger partial charge in [-0.25, -0.2) is 4.39 Å². The first kappa shape index (κ1) is 13.0. The second-order valence-corrected chi connectivity index (χ2v) is 4.11. The fourth-order valence-corrected chi connectivity index (χ4v) is 1.60. The fraction of sp³-hybridized carbons (Fsp3) is 0.364. The third-order valence-electron chi connectivity index (χ3n) is 2.04. The standard InChI is InChI=1S/C11H13BrFNO2/c12-5-1-2-6-14-11(16)9-4-3-8(15)7-10(9)13/h3-4,7,15H,1-2,5-6H2,(H,14,16). The topological polar surface area (TPSA) is 49.3 Å². The Balaban J connectivity index is 2.53. The Kier molecular flexibility index (Phi) is 5.25. The van der Waals surface area contributed by atoms with Crippen LogP contribution in [0.5, 0.6) is 5.75 Å². The molecule has 0 aliphatic rings. The summed E-state index contributed by atoms with van der Waals surface area (Å²) < 4.78 is 13.2. The van der Waals surface area contributed by atoms with Crippen molar-refractivity contribution in [1.82, 2.24) is 5.32 Å². The number of alkyl halides is 1. The molecule has 0 aromatic heterocycles. The van der Waals surface area contributed by atoms with Crippen molar-refractivity contribution in [2.75, 3.05) is 11.9 Å². The maximum absolute atomic E-state index is 13.2. The Hall–Kier alpha value is -1.10. The Morgan fingerprint density at radius 3 is 2.81 bits per heavy atom. The second kappa shape index (κ2) is 6.48. The summed E-state index contributed by atoms with van der Waals surface area (Å²) in [6.45, 7) is 0.519. The Morgan fingerprint density at radius 2 is 2.19 bits per heavy atom. The first-order chi connectivity index (χ1) is 7.65. The van der Waals surface area contributed by atoms with E-state index in [4.69, 9.17) is 5.11 Å². The van der Waals surface area contributed by atoms with Crippen LogP contribution in [0, 0.1) is 5.82 Å². The van der Waals surface area contributed by atoms with Gasteiger partial charge in [-0.1, -0.05) is 15.9 Å². The number of rotatable bonds is 5. The number of carbonyl (C=O) groups excluding carboxylic acids is 1. The highest BCUT2D eigenvalue weighted by Crippen LogP contribution is 2.14. The van der Waals surface area contributed by atoms with Gasteiger partial charge in [0.25, 0.3) is 5.91 Å². The lowest BCUT2D eigenvalue weighted by Crippen LogP contribution is -2.25. The first-order valence-electron chi connectivity index (χ1n) is 4.98. The van der Waals surface area contributed by atoms with Crippen molar-refractivity contribution in [2.45, 2.75) is 12.8 Å². The number of benzene rings is 1. The third kappa shape index (κ3) is 3.81. The number of hydrogen-bond donors (Lipinski definition) is 2. The molecular formula is C11H13BrFNO2. The molecule has 16 heavy (non-hydrogen) atoms. The van der Waals surface area contributed by atoms with Crippen molar-refractivity contribution in [3.8, 4) is 5.75 Å². The molecular weight excluding hydrogens is 277 g/mol. The lowest BCUT2D eigenvalue weighted by atomic mass is 10.2. The van der Waals surface area contributed by atoms with E-state index in [-0.39, 0.29) is 11.3 Å². The largest absolute Gasteiger partial charge is 0.508 e. The first-order valence-corrected chi connectivity index (χ1v) is 6.10. The van der Waals surface area contributed by atoms with E-state index in [1.54, 1.807) is 0 Å². The highest BCUT2D eigenvalue weighted by atomic mass is 79.9. The maximum Gasteiger partial charge on any atom is 0.254 e. The van der Waals surface area contributed by atoms with Crippen molar-refractivity contribution in [3.05, 3.63) is 29.6 Å². The molecule has 5 heteroatoms. The van der Waals surface area contributed by atoms with Gasteiger partial charge in [0.15, 0.2) is 0 Å². The van der Waals surface area contributed by atoms with Gasteiger partial charge in [-0.15, -0.1) is 0 Å². The van der Waals surface area contributed by atoms with Crippen LogP contribution in [0.1, 0.15) is 23.2 Å². The van der Waals surface area contributed by atoms with Gasteiger partial charge < -0.3 is 10.4 Å². The Labute approximate surface area is 102 Å². The van der Waals surface area contributed by atoms with E-state index < -0.39 is 11.7 Å². The van der Waals surface area contributed by atoms with E-state index in [2.05, 4.69) is 21.2 Å². The minimum absolute atomic E-state index is 0.0448. The lowest BCUT2D eigenvalue weighted by molar-refractivity contribution is 0.0949. The smallest absolute Gasteiger partial charge is 0.254 e. The van der Waals surface area contributed by atoms with E-state index in [0.717, 1.165) is 24.2 Å². The molecule has 0 saturated heterocycles.